The largest absolute Gasteiger partial charge is 1.00 e. The number of carboxylic acid groups (broad SMARTS) is 1. The Morgan fingerprint density at radius 3 is 2.42 bits per heavy atom. The Morgan fingerprint density at radius 2 is 2.17 bits per heavy atom. The molecule has 0 aliphatic heterocycles. The molecule has 0 heterocycles. The maximum atomic E-state index is 10.3. The van der Waals surface area contributed by atoms with Crippen molar-refractivity contribution >= 4 is 5.97 Å². The number of hydrogen-bond acceptors (Lipinski definition) is 4. The molecule has 0 rings (SSSR count). The average molecular weight is 197 g/mol. The Bertz CT molecular complexity index is 161. The minimum absolute atomic E-state index is 0. The molecular formula is C7H12KNO3. The van der Waals surface area contributed by atoms with Crippen molar-refractivity contribution in [2.24, 2.45) is 5.73 Å². The van der Waals surface area contributed by atoms with Gasteiger partial charge in [-0.05, 0) is 6.92 Å². The van der Waals surface area contributed by atoms with Crippen molar-refractivity contribution in [1.29, 1.82) is 0 Å². The normalized spacial score (nSPS) is 15.2. The molecule has 12 heavy (non-hydrogen) atoms. The molecule has 5 heteroatoms. The molecule has 0 saturated carbocycles. The van der Waals surface area contributed by atoms with Crippen LogP contribution in [0.2, 0.25) is 0 Å². The van der Waals surface area contributed by atoms with Crippen LogP contribution in [0, 0.1) is 0 Å². The summed E-state index contributed by atoms with van der Waals surface area (Å²) in [6.45, 7) is 1.75. The van der Waals surface area contributed by atoms with Gasteiger partial charge in [-0.15, -0.1) is 0 Å². The van der Waals surface area contributed by atoms with E-state index >= 15 is 0 Å². The number of aliphatic carboxylic acids is 1. The topological polar surface area (TPSA) is 75.4 Å². The molecule has 0 aliphatic carbocycles. The number of allylic oxidation sites excluding steroid dienone is 1. The maximum Gasteiger partial charge on any atom is 1.00 e. The third-order valence-electron chi connectivity index (χ3n) is 1.25. The van der Waals surface area contributed by atoms with Crippen molar-refractivity contribution in [2.75, 3.05) is 7.11 Å². The Morgan fingerprint density at radius 1 is 1.67 bits per heavy atom. The molecule has 0 amide bonds. The van der Waals surface area contributed by atoms with Crippen LogP contribution in [0.1, 0.15) is 6.92 Å². The molecule has 4 nitrogen and oxygen atoms in total. The van der Waals surface area contributed by atoms with Crippen molar-refractivity contribution in [3.8, 4) is 0 Å². The first-order valence-corrected chi connectivity index (χ1v) is 3.25. The number of carboxylic acids is 1. The van der Waals surface area contributed by atoms with Gasteiger partial charge in [-0.3, -0.25) is 0 Å². The standard InChI is InChI=1S/C7H13NO3.K/c1-3-4-5(8)6(11-2)7(9)10;/h3-6H,8H2,1-2H3,(H,9,10);/q;+1/p-1/b4-3+;. The van der Waals surface area contributed by atoms with Gasteiger partial charge in [-0.1, -0.05) is 12.2 Å². The minimum atomic E-state index is -1.29. The average Bonchev–Trinajstić information content (AvgIpc) is 1.88. The predicted molar refractivity (Wildman–Crippen MR) is 38.6 cm³/mol. The van der Waals surface area contributed by atoms with Crippen molar-refractivity contribution < 1.29 is 66.0 Å². The summed E-state index contributed by atoms with van der Waals surface area (Å²) in [6, 6.07) is -0.644. The fourth-order valence-electron chi connectivity index (χ4n) is 0.734. The van der Waals surface area contributed by atoms with Crippen LogP contribution in [0.25, 0.3) is 0 Å². The van der Waals surface area contributed by atoms with Crippen molar-refractivity contribution in [3.63, 3.8) is 0 Å². The van der Waals surface area contributed by atoms with Crippen LogP contribution in [-0.2, 0) is 9.53 Å². The van der Waals surface area contributed by atoms with Gasteiger partial charge in [-0.2, -0.15) is 0 Å². The molecule has 0 aromatic heterocycles. The van der Waals surface area contributed by atoms with E-state index in [9.17, 15) is 9.90 Å². The zero-order chi connectivity index (χ0) is 8.85. The summed E-state index contributed by atoms with van der Waals surface area (Å²) in [6.07, 6.45) is 2.15. The van der Waals surface area contributed by atoms with Crippen molar-refractivity contribution in [3.05, 3.63) is 12.2 Å². The second-order valence-electron chi connectivity index (χ2n) is 2.08. The van der Waals surface area contributed by atoms with Crippen molar-refractivity contribution in [2.45, 2.75) is 19.1 Å². The molecule has 0 bridgehead atoms. The summed E-state index contributed by atoms with van der Waals surface area (Å²) in [5.74, 6) is -1.29. The van der Waals surface area contributed by atoms with Crippen LogP contribution in [0.15, 0.2) is 12.2 Å². The van der Waals surface area contributed by atoms with Crippen LogP contribution >= 0.6 is 0 Å². The maximum absolute atomic E-state index is 10.3. The van der Waals surface area contributed by atoms with Gasteiger partial charge in [0, 0.05) is 7.11 Å². The van der Waals surface area contributed by atoms with Gasteiger partial charge in [0.1, 0.15) is 6.10 Å². The Labute approximate surface area is 115 Å². The molecule has 2 N–H and O–H groups in total. The summed E-state index contributed by atoms with van der Waals surface area (Å²) in [4.78, 5) is 10.3. The second-order valence-corrected chi connectivity index (χ2v) is 2.08. The predicted octanol–water partition coefficient (Wildman–Crippen LogP) is -4.34. The van der Waals surface area contributed by atoms with Crippen LogP contribution < -0.4 is 62.2 Å². The van der Waals surface area contributed by atoms with Crippen molar-refractivity contribution in [1.82, 2.24) is 0 Å². The summed E-state index contributed by atoms with van der Waals surface area (Å²) in [5, 5.41) is 10.3. The summed E-state index contributed by atoms with van der Waals surface area (Å²) in [7, 11) is 1.28. The zero-order valence-electron chi connectivity index (χ0n) is 7.61. The van der Waals surface area contributed by atoms with E-state index in [1.54, 1.807) is 19.1 Å². The third-order valence-corrected chi connectivity index (χ3v) is 1.25. The number of carbonyl (C=O) groups is 1. The second kappa shape index (κ2) is 8.37. The Kier molecular flexibility index (Phi) is 10.6. The Balaban J connectivity index is 0. The number of hydrogen-bond donors (Lipinski definition) is 1. The smallest absolute Gasteiger partial charge is 0.547 e. The summed E-state index contributed by atoms with van der Waals surface area (Å²) >= 11 is 0. The molecule has 0 aliphatic rings. The number of carbonyl (C=O) groups excluding carboxylic acids is 1. The van der Waals surface area contributed by atoms with Crippen LogP contribution in [0.3, 0.4) is 0 Å². The van der Waals surface area contributed by atoms with E-state index in [4.69, 9.17) is 5.73 Å². The van der Waals surface area contributed by atoms with Crippen LogP contribution in [-0.4, -0.2) is 25.2 Å². The molecule has 0 spiro atoms. The fourth-order valence-corrected chi connectivity index (χ4v) is 0.734. The van der Waals surface area contributed by atoms with E-state index in [-0.39, 0.29) is 51.4 Å². The molecule has 64 valence electrons. The molecule has 0 aromatic carbocycles. The van der Waals surface area contributed by atoms with Gasteiger partial charge in [0.2, 0.25) is 0 Å². The van der Waals surface area contributed by atoms with Gasteiger partial charge in [0.15, 0.2) is 0 Å². The van der Waals surface area contributed by atoms with Crippen LogP contribution in [0.4, 0.5) is 0 Å². The first kappa shape index (κ1) is 15.2. The Hall–Kier alpha value is 0.766. The summed E-state index contributed by atoms with van der Waals surface area (Å²) in [5.41, 5.74) is 5.41. The SMILES string of the molecule is C/C=C/C(N)C(OC)C(=O)[O-].[K+]. The van der Waals surface area contributed by atoms with Gasteiger partial charge in [-0.25, -0.2) is 0 Å². The minimum Gasteiger partial charge on any atom is -0.547 e. The van der Waals surface area contributed by atoms with Gasteiger partial charge >= 0.3 is 51.4 Å². The first-order valence-electron chi connectivity index (χ1n) is 3.25. The molecule has 0 aromatic rings. The number of rotatable bonds is 4. The van der Waals surface area contributed by atoms with E-state index in [2.05, 4.69) is 4.74 Å². The number of methoxy groups -OCH3 is 1. The van der Waals surface area contributed by atoms with E-state index in [0.29, 0.717) is 0 Å². The van der Waals surface area contributed by atoms with Crippen LogP contribution in [0.5, 0.6) is 0 Å². The molecular weight excluding hydrogens is 185 g/mol. The molecule has 2 unspecified atom stereocenters. The molecule has 2 atom stereocenters. The monoisotopic (exact) mass is 197 g/mol. The van der Waals surface area contributed by atoms with Gasteiger partial charge in [0.05, 0.1) is 12.0 Å². The van der Waals surface area contributed by atoms with E-state index < -0.39 is 18.1 Å². The fraction of sp³-hybridized carbons (Fsp3) is 0.571. The third kappa shape index (κ3) is 5.42. The number of nitrogens with two attached hydrogens (primary N) is 1. The van der Waals surface area contributed by atoms with E-state index in [0.717, 1.165) is 0 Å². The quantitative estimate of drug-likeness (QED) is 0.365. The van der Waals surface area contributed by atoms with E-state index in [1.165, 1.54) is 7.11 Å². The molecule has 0 fully saturated rings. The molecule has 0 radical (unpaired) electrons. The first-order chi connectivity index (χ1) is 5.13. The number of ether oxygens (including phenoxy) is 1. The molecule has 0 saturated heterocycles. The van der Waals surface area contributed by atoms with Gasteiger partial charge < -0.3 is 20.4 Å². The zero-order valence-corrected chi connectivity index (χ0v) is 10.7. The van der Waals surface area contributed by atoms with E-state index in [1.807, 2.05) is 0 Å². The van der Waals surface area contributed by atoms with Gasteiger partial charge in [0.25, 0.3) is 0 Å². The summed E-state index contributed by atoms with van der Waals surface area (Å²) < 4.78 is 4.59.